The number of amides is 1. The third-order valence-corrected chi connectivity index (χ3v) is 6.75. The van der Waals surface area contributed by atoms with Crippen LogP contribution in [0.5, 0.6) is 5.75 Å². The van der Waals surface area contributed by atoms with E-state index in [1.54, 1.807) is 25.4 Å². The number of carbonyl (C=O) groups excluding carboxylic acids is 1. The maximum absolute atomic E-state index is 14.0. The Labute approximate surface area is 223 Å². The molecule has 0 bridgehead atoms. The van der Waals surface area contributed by atoms with Crippen LogP contribution in [0.2, 0.25) is 5.02 Å². The summed E-state index contributed by atoms with van der Waals surface area (Å²) in [5.41, 5.74) is 4.32. The molecule has 1 aromatic heterocycles. The molecule has 4 nitrogen and oxygen atoms in total. The van der Waals surface area contributed by atoms with E-state index in [1.807, 2.05) is 54.6 Å². The van der Waals surface area contributed by atoms with Gasteiger partial charge in [0.1, 0.15) is 17.4 Å². The summed E-state index contributed by atoms with van der Waals surface area (Å²) in [5, 5.41) is 3.50. The van der Waals surface area contributed by atoms with Crippen molar-refractivity contribution in [3.05, 3.63) is 125 Å². The zero-order valence-corrected chi connectivity index (χ0v) is 21.2. The van der Waals surface area contributed by atoms with Gasteiger partial charge in [0, 0.05) is 17.3 Å². The van der Waals surface area contributed by atoms with Gasteiger partial charge in [0.2, 0.25) is 5.91 Å². The second-order valence-electron chi connectivity index (χ2n) is 8.83. The van der Waals surface area contributed by atoms with Crippen molar-refractivity contribution >= 4 is 34.1 Å². The van der Waals surface area contributed by atoms with Crippen LogP contribution in [0.4, 0.5) is 14.5 Å². The van der Waals surface area contributed by atoms with Gasteiger partial charge in [-0.05, 0) is 77.2 Å². The number of fused-ring (bicyclic) bond motifs is 1. The summed E-state index contributed by atoms with van der Waals surface area (Å²) < 4.78 is 33.5. The fraction of sp³-hybridized carbons (Fsp3) is 0.0968. The van der Waals surface area contributed by atoms with Crippen molar-refractivity contribution < 1.29 is 18.3 Å². The maximum Gasteiger partial charge on any atom is 0.232 e. The van der Waals surface area contributed by atoms with Crippen LogP contribution in [-0.4, -0.2) is 18.0 Å². The molecule has 0 radical (unpaired) electrons. The molecule has 1 heterocycles. The first-order chi connectivity index (χ1) is 18.4. The summed E-state index contributed by atoms with van der Waals surface area (Å²) in [6.45, 7) is 0. The summed E-state index contributed by atoms with van der Waals surface area (Å²) in [6, 6.07) is 25.6. The first-order valence-electron chi connectivity index (χ1n) is 12.0. The Balaban J connectivity index is 1.50. The van der Waals surface area contributed by atoms with E-state index < -0.39 is 11.7 Å². The van der Waals surface area contributed by atoms with E-state index in [4.69, 9.17) is 16.3 Å². The summed E-state index contributed by atoms with van der Waals surface area (Å²) in [6.07, 6.45) is 2.04. The van der Waals surface area contributed by atoms with Gasteiger partial charge < -0.3 is 10.1 Å². The minimum absolute atomic E-state index is 0.0207. The number of benzene rings is 4. The number of nitrogens with zero attached hydrogens (tertiary/aromatic N) is 1. The predicted molar refractivity (Wildman–Crippen MR) is 147 cm³/mol. The number of halogens is 3. The lowest BCUT2D eigenvalue weighted by molar-refractivity contribution is -0.117. The third-order valence-electron chi connectivity index (χ3n) is 6.45. The van der Waals surface area contributed by atoms with E-state index in [0.717, 1.165) is 22.3 Å². The molecular weight excluding hydrogens is 506 g/mol. The highest BCUT2D eigenvalue weighted by Gasteiger charge is 2.23. The topological polar surface area (TPSA) is 51.2 Å². The smallest absolute Gasteiger partial charge is 0.232 e. The van der Waals surface area contributed by atoms with Gasteiger partial charge in [-0.15, -0.1) is 0 Å². The number of carbonyl (C=O) groups is 1. The SMILES string of the molecule is COc1ccccc1C[C@@H](C(=O)Nc1ccc(Cl)c(F)c1)c1ccc(-c2ccnc3ccc(F)cc23)cc1. The van der Waals surface area contributed by atoms with E-state index in [9.17, 15) is 13.6 Å². The van der Waals surface area contributed by atoms with Gasteiger partial charge in [0.05, 0.1) is 23.6 Å². The molecular formula is C31H23ClF2N2O2. The molecule has 1 N–H and O–H groups in total. The summed E-state index contributed by atoms with van der Waals surface area (Å²) >= 11 is 5.80. The number of anilines is 1. The quantitative estimate of drug-likeness (QED) is 0.234. The van der Waals surface area contributed by atoms with Crippen LogP contribution in [0, 0.1) is 11.6 Å². The van der Waals surface area contributed by atoms with Gasteiger partial charge in [0.25, 0.3) is 0 Å². The molecule has 0 saturated heterocycles. The van der Waals surface area contributed by atoms with Crippen molar-refractivity contribution in [2.24, 2.45) is 0 Å². The number of hydrogen-bond donors (Lipinski definition) is 1. The van der Waals surface area contributed by atoms with Crippen LogP contribution < -0.4 is 10.1 Å². The molecule has 0 saturated carbocycles. The average Bonchev–Trinajstić information content (AvgIpc) is 2.93. The lowest BCUT2D eigenvalue weighted by Gasteiger charge is -2.19. The molecule has 0 spiro atoms. The molecule has 7 heteroatoms. The third kappa shape index (κ3) is 5.36. The number of ether oxygens (including phenoxy) is 1. The highest BCUT2D eigenvalue weighted by Crippen LogP contribution is 2.32. The van der Waals surface area contributed by atoms with Crippen LogP contribution >= 0.6 is 11.6 Å². The fourth-order valence-electron chi connectivity index (χ4n) is 4.52. The lowest BCUT2D eigenvalue weighted by atomic mass is 9.89. The molecule has 0 aliphatic heterocycles. The number of hydrogen-bond acceptors (Lipinski definition) is 3. The monoisotopic (exact) mass is 528 g/mol. The van der Waals surface area contributed by atoms with Crippen molar-refractivity contribution in [1.82, 2.24) is 4.98 Å². The fourth-order valence-corrected chi connectivity index (χ4v) is 4.64. The Hall–Kier alpha value is -4.29. The van der Waals surface area contributed by atoms with Gasteiger partial charge in [-0.3, -0.25) is 9.78 Å². The Morgan fingerprint density at radius 1 is 0.974 bits per heavy atom. The molecule has 0 fully saturated rings. The molecule has 0 unspecified atom stereocenters. The van der Waals surface area contributed by atoms with Crippen molar-refractivity contribution in [2.45, 2.75) is 12.3 Å². The van der Waals surface area contributed by atoms with Gasteiger partial charge in [-0.1, -0.05) is 54.1 Å². The van der Waals surface area contributed by atoms with Gasteiger partial charge in [-0.2, -0.15) is 0 Å². The molecule has 0 aliphatic carbocycles. The van der Waals surface area contributed by atoms with Crippen molar-refractivity contribution in [1.29, 1.82) is 0 Å². The highest BCUT2D eigenvalue weighted by atomic mass is 35.5. The first-order valence-corrected chi connectivity index (χ1v) is 12.3. The number of pyridine rings is 1. The van der Waals surface area contributed by atoms with E-state index in [1.165, 1.54) is 24.3 Å². The highest BCUT2D eigenvalue weighted by molar-refractivity contribution is 6.30. The van der Waals surface area contributed by atoms with E-state index >= 15 is 0 Å². The molecule has 190 valence electrons. The molecule has 0 aliphatic rings. The number of rotatable bonds is 7. The first kappa shape index (κ1) is 25.4. The Kier molecular flexibility index (Phi) is 7.33. The summed E-state index contributed by atoms with van der Waals surface area (Å²) in [5.74, 6) is -1.19. The zero-order chi connectivity index (χ0) is 26.6. The molecule has 38 heavy (non-hydrogen) atoms. The maximum atomic E-state index is 14.0. The Morgan fingerprint density at radius 2 is 1.76 bits per heavy atom. The predicted octanol–water partition coefficient (Wildman–Crippen LogP) is 7.81. The second-order valence-corrected chi connectivity index (χ2v) is 9.24. The van der Waals surface area contributed by atoms with Gasteiger partial charge in [0.15, 0.2) is 0 Å². The van der Waals surface area contributed by atoms with Crippen LogP contribution in [0.25, 0.3) is 22.0 Å². The Morgan fingerprint density at radius 3 is 2.53 bits per heavy atom. The summed E-state index contributed by atoms with van der Waals surface area (Å²) in [4.78, 5) is 17.8. The van der Waals surface area contributed by atoms with E-state index in [-0.39, 0.29) is 16.7 Å². The molecule has 5 rings (SSSR count). The number of nitrogens with one attached hydrogen (secondary N) is 1. The largest absolute Gasteiger partial charge is 0.496 e. The Bertz CT molecular complexity index is 1620. The number of methoxy groups -OCH3 is 1. The molecule has 1 amide bonds. The standard InChI is InChI=1S/C31H23ClF2N2O2/c1-38-30-5-3-2-4-21(30)16-25(31(37)36-23-11-12-27(32)28(34)18-23)20-8-6-19(7-9-20)24-14-15-35-29-13-10-22(33)17-26(24)29/h2-15,17-18,25H,16H2,1H3,(H,36,37)/t25-/m1/s1. The van der Waals surface area contributed by atoms with Crippen molar-refractivity contribution in [2.75, 3.05) is 12.4 Å². The van der Waals surface area contributed by atoms with E-state index in [0.29, 0.717) is 28.8 Å². The number of aromatic nitrogens is 1. The number of para-hydroxylation sites is 1. The van der Waals surface area contributed by atoms with Crippen LogP contribution in [0.1, 0.15) is 17.0 Å². The van der Waals surface area contributed by atoms with E-state index in [2.05, 4.69) is 10.3 Å². The minimum atomic E-state index is -0.615. The normalized spacial score (nSPS) is 11.8. The van der Waals surface area contributed by atoms with Gasteiger partial charge >= 0.3 is 0 Å². The zero-order valence-electron chi connectivity index (χ0n) is 20.4. The average molecular weight is 529 g/mol. The summed E-state index contributed by atoms with van der Waals surface area (Å²) in [7, 11) is 1.58. The molecule has 4 aromatic carbocycles. The second kappa shape index (κ2) is 11.0. The van der Waals surface area contributed by atoms with Crippen LogP contribution in [0.3, 0.4) is 0 Å². The molecule has 1 atom stereocenters. The van der Waals surface area contributed by atoms with Crippen molar-refractivity contribution in [3.63, 3.8) is 0 Å². The van der Waals surface area contributed by atoms with Crippen LogP contribution in [-0.2, 0) is 11.2 Å². The lowest BCUT2D eigenvalue weighted by Crippen LogP contribution is -2.23. The van der Waals surface area contributed by atoms with Gasteiger partial charge in [-0.25, -0.2) is 8.78 Å². The molecule has 5 aromatic rings. The minimum Gasteiger partial charge on any atom is -0.496 e. The van der Waals surface area contributed by atoms with Crippen molar-refractivity contribution in [3.8, 4) is 16.9 Å². The van der Waals surface area contributed by atoms with Crippen LogP contribution in [0.15, 0.2) is 97.2 Å².